The number of nitro benzene ring substituents is 1. The predicted octanol–water partition coefficient (Wildman–Crippen LogP) is 2.81. The zero-order chi connectivity index (χ0) is 12.5. The molecule has 0 saturated carbocycles. The number of alkyl halides is 3. The van der Waals surface area contributed by atoms with Crippen molar-refractivity contribution in [2.45, 2.75) is 12.2 Å². The first kappa shape index (κ1) is 12.7. The van der Waals surface area contributed by atoms with Gasteiger partial charge in [0.2, 0.25) is 0 Å². The summed E-state index contributed by atoms with van der Waals surface area (Å²) in [6.45, 7) is 0. The van der Waals surface area contributed by atoms with Crippen LogP contribution in [0.3, 0.4) is 0 Å². The number of nitro groups is 1. The van der Waals surface area contributed by atoms with Gasteiger partial charge in [-0.25, -0.2) is 0 Å². The molecule has 0 bridgehead atoms. The van der Waals surface area contributed by atoms with Crippen molar-refractivity contribution < 1.29 is 18.1 Å². The van der Waals surface area contributed by atoms with Gasteiger partial charge in [-0.1, -0.05) is 11.6 Å². The molecule has 0 saturated heterocycles. The largest absolute Gasteiger partial charge is 0.407 e. The molecule has 16 heavy (non-hydrogen) atoms. The Labute approximate surface area is 93.0 Å². The average molecular weight is 255 g/mol. The van der Waals surface area contributed by atoms with Crippen molar-refractivity contribution in [2.24, 2.45) is 5.73 Å². The van der Waals surface area contributed by atoms with E-state index >= 15 is 0 Å². The van der Waals surface area contributed by atoms with E-state index in [1.807, 2.05) is 0 Å². The van der Waals surface area contributed by atoms with Gasteiger partial charge in [0.05, 0.1) is 10.5 Å². The summed E-state index contributed by atoms with van der Waals surface area (Å²) in [5, 5.41) is 10.5. The van der Waals surface area contributed by atoms with Crippen LogP contribution in [0.15, 0.2) is 18.2 Å². The van der Waals surface area contributed by atoms with Crippen molar-refractivity contribution in [1.29, 1.82) is 0 Å². The van der Waals surface area contributed by atoms with Crippen LogP contribution in [0.5, 0.6) is 0 Å². The topological polar surface area (TPSA) is 69.2 Å². The summed E-state index contributed by atoms with van der Waals surface area (Å²) in [7, 11) is 0. The van der Waals surface area contributed by atoms with Crippen LogP contribution in [0.2, 0.25) is 5.02 Å². The van der Waals surface area contributed by atoms with Crippen LogP contribution >= 0.6 is 11.6 Å². The lowest BCUT2D eigenvalue weighted by Gasteiger charge is -2.15. The molecule has 0 amide bonds. The lowest BCUT2D eigenvalue weighted by molar-refractivity contribution is -0.386. The van der Waals surface area contributed by atoms with E-state index in [0.29, 0.717) is 0 Å². The standard InChI is InChI=1S/C8H6ClF3N2O2/c9-4-1-2-6(14(15)16)5(3-4)7(13)8(10,11)12/h1-3,7H,13H2/t7-/m0/s1. The molecule has 2 N–H and O–H groups in total. The van der Waals surface area contributed by atoms with Gasteiger partial charge in [-0.3, -0.25) is 10.1 Å². The van der Waals surface area contributed by atoms with Crippen molar-refractivity contribution in [3.05, 3.63) is 38.9 Å². The Bertz CT molecular complexity index is 422. The molecule has 8 heteroatoms. The third kappa shape index (κ3) is 2.61. The Hall–Kier alpha value is -1.34. The van der Waals surface area contributed by atoms with Gasteiger partial charge in [-0.05, 0) is 12.1 Å². The summed E-state index contributed by atoms with van der Waals surface area (Å²) >= 11 is 5.47. The first-order chi connectivity index (χ1) is 7.23. The van der Waals surface area contributed by atoms with Crippen molar-refractivity contribution in [2.75, 3.05) is 0 Å². The lowest BCUT2D eigenvalue weighted by atomic mass is 10.1. The number of benzene rings is 1. The third-order valence-corrected chi connectivity index (χ3v) is 2.11. The molecule has 4 nitrogen and oxygen atoms in total. The van der Waals surface area contributed by atoms with Crippen molar-refractivity contribution in [1.82, 2.24) is 0 Å². The van der Waals surface area contributed by atoms with E-state index in [4.69, 9.17) is 17.3 Å². The van der Waals surface area contributed by atoms with E-state index in [-0.39, 0.29) is 5.02 Å². The number of nitrogens with zero attached hydrogens (tertiary/aromatic N) is 1. The second kappa shape index (κ2) is 4.26. The maximum absolute atomic E-state index is 12.3. The van der Waals surface area contributed by atoms with Crippen LogP contribution in [-0.4, -0.2) is 11.1 Å². The molecule has 0 unspecified atom stereocenters. The summed E-state index contributed by atoms with van der Waals surface area (Å²) < 4.78 is 37.0. The van der Waals surface area contributed by atoms with Crippen molar-refractivity contribution in [3.63, 3.8) is 0 Å². The molecule has 0 heterocycles. The second-order valence-corrected chi connectivity index (χ2v) is 3.42. The van der Waals surface area contributed by atoms with E-state index in [2.05, 4.69) is 0 Å². The molecule has 1 rings (SSSR count). The first-order valence-electron chi connectivity index (χ1n) is 3.99. The van der Waals surface area contributed by atoms with Gasteiger partial charge in [0, 0.05) is 11.1 Å². The highest BCUT2D eigenvalue weighted by molar-refractivity contribution is 6.30. The van der Waals surface area contributed by atoms with Gasteiger partial charge in [-0.15, -0.1) is 0 Å². The minimum Gasteiger partial charge on any atom is -0.316 e. The molecular weight excluding hydrogens is 249 g/mol. The summed E-state index contributed by atoms with van der Waals surface area (Å²) in [4.78, 5) is 9.57. The zero-order valence-electron chi connectivity index (χ0n) is 7.66. The molecule has 1 aromatic rings. The van der Waals surface area contributed by atoms with Gasteiger partial charge >= 0.3 is 6.18 Å². The molecule has 1 atom stereocenters. The molecule has 0 fully saturated rings. The zero-order valence-corrected chi connectivity index (χ0v) is 8.42. The normalized spacial score (nSPS) is 13.6. The molecule has 0 spiro atoms. The van der Waals surface area contributed by atoms with E-state index < -0.39 is 28.4 Å². The molecule has 0 aliphatic rings. The fourth-order valence-electron chi connectivity index (χ4n) is 1.12. The van der Waals surface area contributed by atoms with Gasteiger partial charge < -0.3 is 5.73 Å². The molecule has 0 aliphatic heterocycles. The lowest BCUT2D eigenvalue weighted by Crippen LogP contribution is -2.29. The summed E-state index contributed by atoms with van der Waals surface area (Å²) in [6, 6.07) is 0.444. The van der Waals surface area contributed by atoms with Crippen LogP contribution in [0.1, 0.15) is 11.6 Å². The highest BCUT2D eigenvalue weighted by Gasteiger charge is 2.41. The van der Waals surface area contributed by atoms with Gasteiger partial charge in [-0.2, -0.15) is 13.2 Å². The Kier molecular flexibility index (Phi) is 3.39. The Morgan fingerprint density at radius 3 is 2.44 bits per heavy atom. The maximum Gasteiger partial charge on any atom is 0.407 e. The quantitative estimate of drug-likeness (QED) is 0.652. The number of hydrogen-bond donors (Lipinski definition) is 1. The number of rotatable bonds is 2. The molecule has 88 valence electrons. The van der Waals surface area contributed by atoms with Gasteiger partial charge in [0.15, 0.2) is 0 Å². The highest BCUT2D eigenvalue weighted by Crippen LogP contribution is 2.36. The van der Waals surface area contributed by atoms with Crippen LogP contribution in [0, 0.1) is 10.1 Å². The predicted molar refractivity (Wildman–Crippen MR) is 51.1 cm³/mol. The van der Waals surface area contributed by atoms with E-state index in [9.17, 15) is 23.3 Å². The van der Waals surface area contributed by atoms with Crippen molar-refractivity contribution >= 4 is 17.3 Å². The maximum atomic E-state index is 12.3. The molecule has 1 aromatic carbocycles. The molecular formula is C8H6ClF3N2O2. The van der Waals surface area contributed by atoms with Gasteiger partial charge in [0.25, 0.3) is 5.69 Å². The van der Waals surface area contributed by atoms with E-state index in [1.165, 1.54) is 0 Å². The SMILES string of the molecule is N[C@@H](c1cc(Cl)ccc1[N+](=O)[O-])C(F)(F)F. The molecule has 0 aliphatic carbocycles. The summed E-state index contributed by atoms with van der Waals surface area (Å²) in [5.74, 6) is 0. The average Bonchev–Trinajstić information content (AvgIpc) is 2.14. The minimum atomic E-state index is -4.75. The number of halogens is 4. The Morgan fingerprint density at radius 1 is 1.44 bits per heavy atom. The summed E-state index contributed by atoms with van der Waals surface area (Å²) in [5.41, 5.74) is 3.54. The monoisotopic (exact) mass is 254 g/mol. The molecule has 0 aromatic heterocycles. The fraction of sp³-hybridized carbons (Fsp3) is 0.250. The second-order valence-electron chi connectivity index (χ2n) is 2.98. The third-order valence-electron chi connectivity index (χ3n) is 1.87. The number of nitrogens with two attached hydrogens (primary N) is 1. The first-order valence-corrected chi connectivity index (χ1v) is 4.37. The van der Waals surface area contributed by atoms with Gasteiger partial charge in [0.1, 0.15) is 6.04 Å². The Morgan fingerprint density at radius 2 is 2.00 bits per heavy atom. The molecule has 0 radical (unpaired) electrons. The summed E-state index contributed by atoms with van der Waals surface area (Å²) in [6.07, 6.45) is -4.75. The Balaban J connectivity index is 3.30. The minimum absolute atomic E-state index is 0.0414. The van der Waals surface area contributed by atoms with E-state index in [0.717, 1.165) is 18.2 Å². The fourth-order valence-corrected chi connectivity index (χ4v) is 1.30. The van der Waals surface area contributed by atoms with Crippen LogP contribution < -0.4 is 5.73 Å². The smallest absolute Gasteiger partial charge is 0.316 e. The number of hydrogen-bond acceptors (Lipinski definition) is 3. The van der Waals surface area contributed by atoms with Crippen molar-refractivity contribution in [3.8, 4) is 0 Å². The van der Waals surface area contributed by atoms with E-state index in [1.54, 1.807) is 0 Å². The van der Waals surface area contributed by atoms with Crippen LogP contribution in [0.4, 0.5) is 18.9 Å². The van der Waals surface area contributed by atoms with Crippen LogP contribution in [-0.2, 0) is 0 Å². The highest BCUT2D eigenvalue weighted by atomic mass is 35.5. The van der Waals surface area contributed by atoms with Crippen LogP contribution in [0.25, 0.3) is 0 Å².